The molecule has 0 unspecified atom stereocenters. The van der Waals surface area contributed by atoms with Crippen molar-refractivity contribution in [3.63, 3.8) is 0 Å². The maximum absolute atomic E-state index is 12.3. The number of carboxylic acids is 1. The molecule has 0 fully saturated rings. The number of primary amides is 1. The van der Waals surface area contributed by atoms with E-state index in [2.05, 4.69) is 16.0 Å². The maximum Gasteiger partial charge on any atom is 0.325 e. The van der Waals surface area contributed by atoms with Gasteiger partial charge in [0.1, 0.15) is 18.1 Å². The third kappa shape index (κ3) is 9.54. The summed E-state index contributed by atoms with van der Waals surface area (Å²) in [5.41, 5.74) is 10.5. The standard InChI is InChI=1S/C16H29N5O6/c1-7(2)5-11(15(25)20-9(4)16(26)27)21-13(23)8(3)19-14(24)10(17)6-12(18)22/h7-11H,5-6,17H2,1-4H3,(H2,18,22)(H,19,24)(H,20,25)(H,21,23)(H,26,27)/t8-,9-,10-,11-/m0/s1. The number of carboxylic acid groups (broad SMARTS) is 1. The van der Waals surface area contributed by atoms with Crippen LogP contribution in [0.4, 0.5) is 0 Å². The van der Waals surface area contributed by atoms with Gasteiger partial charge in [0, 0.05) is 0 Å². The number of aliphatic carboxylic acids is 1. The molecule has 0 rings (SSSR count). The third-order valence-corrected chi connectivity index (χ3v) is 3.58. The largest absolute Gasteiger partial charge is 0.480 e. The predicted octanol–water partition coefficient (Wildman–Crippen LogP) is -2.19. The van der Waals surface area contributed by atoms with Crippen LogP contribution in [0.5, 0.6) is 0 Å². The Morgan fingerprint density at radius 1 is 0.852 bits per heavy atom. The van der Waals surface area contributed by atoms with Crippen molar-refractivity contribution in [3.8, 4) is 0 Å². The van der Waals surface area contributed by atoms with Gasteiger partial charge in [0.25, 0.3) is 0 Å². The monoisotopic (exact) mass is 387 g/mol. The van der Waals surface area contributed by atoms with Crippen molar-refractivity contribution in [1.82, 2.24) is 16.0 Å². The normalized spacial score (nSPS) is 15.2. The van der Waals surface area contributed by atoms with Crippen molar-refractivity contribution < 1.29 is 29.1 Å². The fourth-order valence-electron chi connectivity index (χ4n) is 2.07. The Labute approximate surface area is 157 Å². The van der Waals surface area contributed by atoms with Crippen LogP contribution in [-0.4, -0.2) is 58.9 Å². The fraction of sp³-hybridized carbons (Fsp3) is 0.688. The van der Waals surface area contributed by atoms with E-state index in [9.17, 15) is 24.0 Å². The molecular weight excluding hydrogens is 358 g/mol. The van der Waals surface area contributed by atoms with Crippen molar-refractivity contribution in [2.45, 2.75) is 64.7 Å². The van der Waals surface area contributed by atoms with Gasteiger partial charge in [-0.25, -0.2) is 0 Å². The molecule has 0 spiro atoms. The van der Waals surface area contributed by atoms with E-state index in [1.165, 1.54) is 13.8 Å². The number of hydrogen-bond acceptors (Lipinski definition) is 6. The summed E-state index contributed by atoms with van der Waals surface area (Å²) in [6.07, 6.45) is -0.0998. The maximum atomic E-state index is 12.3. The summed E-state index contributed by atoms with van der Waals surface area (Å²) in [5.74, 6) is -3.96. The summed E-state index contributed by atoms with van der Waals surface area (Å²) in [6, 6.07) is -4.31. The summed E-state index contributed by atoms with van der Waals surface area (Å²) in [7, 11) is 0. The number of nitrogens with one attached hydrogen (secondary N) is 3. The van der Waals surface area contributed by atoms with E-state index in [0.29, 0.717) is 0 Å². The minimum absolute atomic E-state index is 0.0371. The van der Waals surface area contributed by atoms with Crippen molar-refractivity contribution >= 4 is 29.6 Å². The zero-order valence-corrected chi connectivity index (χ0v) is 15.9. The van der Waals surface area contributed by atoms with Gasteiger partial charge in [0.15, 0.2) is 0 Å². The second-order valence-electron chi connectivity index (χ2n) is 6.77. The van der Waals surface area contributed by atoms with E-state index in [-0.39, 0.29) is 18.8 Å². The minimum Gasteiger partial charge on any atom is -0.480 e. The molecule has 0 aromatic heterocycles. The first-order chi connectivity index (χ1) is 12.3. The molecule has 0 saturated carbocycles. The van der Waals surface area contributed by atoms with Gasteiger partial charge in [-0.05, 0) is 26.2 Å². The Hall–Kier alpha value is -2.69. The topological polar surface area (TPSA) is 194 Å². The Morgan fingerprint density at radius 2 is 1.37 bits per heavy atom. The molecular formula is C16H29N5O6. The van der Waals surface area contributed by atoms with E-state index >= 15 is 0 Å². The number of hydrogen-bond donors (Lipinski definition) is 6. The number of nitrogens with two attached hydrogens (primary N) is 2. The van der Waals surface area contributed by atoms with E-state index in [1.54, 1.807) is 0 Å². The van der Waals surface area contributed by atoms with Crippen LogP contribution in [0.15, 0.2) is 0 Å². The van der Waals surface area contributed by atoms with Crippen LogP contribution < -0.4 is 27.4 Å². The van der Waals surface area contributed by atoms with Gasteiger partial charge < -0.3 is 32.5 Å². The number of carbonyl (C=O) groups is 5. The van der Waals surface area contributed by atoms with Gasteiger partial charge >= 0.3 is 5.97 Å². The molecule has 0 aliphatic rings. The molecule has 4 atom stereocenters. The molecule has 4 amide bonds. The van der Waals surface area contributed by atoms with Crippen LogP contribution in [-0.2, 0) is 24.0 Å². The van der Waals surface area contributed by atoms with Crippen molar-refractivity contribution in [3.05, 3.63) is 0 Å². The number of carbonyl (C=O) groups excluding carboxylic acids is 4. The van der Waals surface area contributed by atoms with Crippen molar-refractivity contribution in [1.29, 1.82) is 0 Å². The highest BCUT2D eigenvalue weighted by Gasteiger charge is 2.28. The highest BCUT2D eigenvalue weighted by molar-refractivity contribution is 5.94. The molecule has 11 nitrogen and oxygen atoms in total. The first kappa shape index (κ1) is 24.3. The van der Waals surface area contributed by atoms with Crippen molar-refractivity contribution in [2.24, 2.45) is 17.4 Å². The average Bonchev–Trinajstić information content (AvgIpc) is 2.52. The molecule has 0 aliphatic carbocycles. The smallest absolute Gasteiger partial charge is 0.325 e. The Bertz CT molecular complexity index is 580. The average molecular weight is 387 g/mol. The van der Waals surface area contributed by atoms with Crippen LogP contribution in [0.2, 0.25) is 0 Å². The predicted molar refractivity (Wildman–Crippen MR) is 96.0 cm³/mol. The summed E-state index contributed by atoms with van der Waals surface area (Å²) in [6.45, 7) is 6.36. The quantitative estimate of drug-likeness (QED) is 0.232. The summed E-state index contributed by atoms with van der Waals surface area (Å²) < 4.78 is 0. The number of amides is 4. The van der Waals surface area contributed by atoms with Crippen LogP contribution in [0.1, 0.15) is 40.5 Å². The first-order valence-electron chi connectivity index (χ1n) is 8.52. The van der Waals surface area contributed by atoms with E-state index in [1.807, 2.05) is 13.8 Å². The zero-order valence-electron chi connectivity index (χ0n) is 15.9. The molecule has 0 aromatic rings. The Balaban J connectivity index is 4.92. The Kier molecular flexibility index (Phi) is 10.0. The molecule has 27 heavy (non-hydrogen) atoms. The lowest BCUT2D eigenvalue weighted by atomic mass is 10.0. The van der Waals surface area contributed by atoms with Gasteiger partial charge in [-0.2, -0.15) is 0 Å². The molecule has 0 heterocycles. The second kappa shape index (κ2) is 11.1. The van der Waals surface area contributed by atoms with Gasteiger partial charge in [0.05, 0.1) is 12.5 Å². The molecule has 0 radical (unpaired) electrons. The summed E-state index contributed by atoms with van der Waals surface area (Å²) in [4.78, 5) is 58.0. The van der Waals surface area contributed by atoms with Crippen molar-refractivity contribution in [2.75, 3.05) is 0 Å². The molecule has 0 bridgehead atoms. The molecule has 154 valence electrons. The number of rotatable bonds is 11. The molecule has 0 aromatic carbocycles. The van der Waals surface area contributed by atoms with Gasteiger partial charge in [0.2, 0.25) is 23.6 Å². The van der Waals surface area contributed by atoms with E-state index in [4.69, 9.17) is 16.6 Å². The highest BCUT2D eigenvalue weighted by Crippen LogP contribution is 2.06. The lowest BCUT2D eigenvalue weighted by molar-refractivity contribution is -0.141. The van der Waals surface area contributed by atoms with Gasteiger partial charge in [-0.1, -0.05) is 13.8 Å². The van der Waals surface area contributed by atoms with E-state index in [0.717, 1.165) is 0 Å². The van der Waals surface area contributed by atoms with E-state index < -0.39 is 53.8 Å². The lowest BCUT2D eigenvalue weighted by Gasteiger charge is -2.24. The second-order valence-corrected chi connectivity index (χ2v) is 6.77. The van der Waals surface area contributed by atoms with Crippen LogP contribution >= 0.6 is 0 Å². The lowest BCUT2D eigenvalue weighted by Crippen LogP contribution is -2.56. The van der Waals surface area contributed by atoms with Gasteiger partial charge in [-0.15, -0.1) is 0 Å². The van der Waals surface area contributed by atoms with Crippen LogP contribution in [0, 0.1) is 5.92 Å². The molecule has 0 saturated heterocycles. The Morgan fingerprint density at radius 3 is 1.81 bits per heavy atom. The minimum atomic E-state index is -1.21. The zero-order chi connectivity index (χ0) is 21.3. The SMILES string of the molecule is CC(C)C[C@H](NC(=O)[C@H](C)NC(=O)[C@@H](N)CC(N)=O)C(=O)N[C@@H](C)C(=O)O. The summed E-state index contributed by atoms with van der Waals surface area (Å²) in [5, 5.41) is 16.0. The molecule has 0 aliphatic heterocycles. The molecule has 11 heteroatoms. The fourth-order valence-corrected chi connectivity index (χ4v) is 2.07. The third-order valence-electron chi connectivity index (χ3n) is 3.58. The molecule has 8 N–H and O–H groups in total. The first-order valence-corrected chi connectivity index (χ1v) is 8.52. The van der Waals surface area contributed by atoms with Gasteiger partial charge in [-0.3, -0.25) is 24.0 Å². The van der Waals surface area contributed by atoms with Crippen LogP contribution in [0.3, 0.4) is 0 Å². The van der Waals surface area contributed by atoms with Crippen LogP contribution in [0.25, 0.3) is 0 Å². The summed E-state index contributed by atoms with van der Waals surface area (Å²) >= 11 is 0. The highest BCUT2D eigenvalue weighted by atomic mass is 16.4.